The number of nitrogens with zero attached hydrogens (tertiary/aromatic N) is 1. The lowest BCUT2D eigenvalue weighted by Crippen LogP contribution is -2.20. The Morgan fingerprint density at radius 2 is 2.13 bits per heavy atom. The number of rotatable bonds is 4. The molecule has 3 rings (SSSR count). The third-order valence-electron chi connectivity index (χ3n) is 3.66. The van der Waals surface area contributed by atoms with Crippen LogP contribution in [0.4, 0.5) is 5.00 Å². The molecule has 0 aliphatic carbocycles. The minimum atomic E-state index is -0.281. The molecule has 23 heavy (non-hydrogen) atoms. The highest BCUT2D eigenvalue weighted by atomic mass is 32.1. The van der Waals surface area contributed by atoms with Crippen molar-refractivity contribution in [2.75, 3.05) is 11.9 Å². The van der Waals surface area contributed by atoms with Crippen LogP contribution in [0.3, 0.4) is 0 Å². The van der Waals surface area contributed by atoms with Crippen LogP contribution < -0.4 is 5.32 Å². The molecule has 1 aromatic carbocycles. The maximum absolute atomic E-state index is 12.1. The fraction of sp³-hybridized carbons (Fsp3) is 0.294. The molecular weight excluding hydrogens is 328 g/mol. The summed E-state index contributed by atoms with van der Waals surface area (Å²) in [6.45, 7) is 4.10. The van der Waals surface area contributed by atoms with Crippen LogP contribution in [-0.2, 0) is 11.2 Å². The van der Waals surface area contributed by atoms with Gasteiger partial charge in [0, 0.05) is 12.0 Å². The van der Waals surface area contributed by atoms with E-state index in [-0.39, 0.29) is 11.3 Å². The molecule has 0 spiro atoms. The largest absolute Gasteiger partial charge is 0.462 e. The lowest BCUT2D eigenvalue weighted by Gasteiger charge is -2.20. The normalized spacial score (nSPS) is 16.3. The van der Waals surface area contributed by atoms with Gasteiger partial charge in [0.05, 0.1) is 6.61 Å². The van der Waals surface area contributed by atoms with Gasteiger partial charge in [-0.1, -0.05) is 30.3 Å². The molecule has 0 saturated heterocycles. The Kier molecular flexibility index (Phi) is 4.73. The summed E-state index contributed by atoms with van der Waals surface area (Å²) in [5.41, 5.74) is 3.05. The second-order valence-electron chi connectivity index (χ2n) is 5.26. The molecule has 0 bridgehead atoms. The van der Waals surface area contributed by atoms with E-state index in [1.54, 1.807) is 0 Å². The van der Waals surface area contributed by atoms with Crippen LogP contribution in [0.25, 0.3) is 0 Å². The van der Waals surface area contributed by atoms with Crippen molar-refractivity contribution in [1.82, 2.24) is 0 Å². The maximum Gasteiger partial charge on any atom is 0.348 e. The smallest absolute Gasteiger partial charge is 0.348 e. The molecule has 2 heterocycles. The Labute approximate surface area is 145 Å². The highest BCUT2D eigenvalue weighted by Crippen LogP contribution is 2.42. The highest BCUT2D eigenvalue weighted by Gasteiger charge is 2.28. The second kappa shape index (κ2) is 6.76. The first-order valence-corrected chi connectivity index (χ1v) is 8.79. The molecule has 0 saturated carbocycles. The third kappa shape index (κ3) is 3.28. The second-order valence-corrected chi connectivity index (χ2v) is 6.77. The molecule has 1 unspecified atom stereocenters. The predicted octanol–water partition coefficient (Wildman–Crippen LogP) is 4.23. The highest BCUT2D eigenvalue weighted by molar-refractivity contribution is 7.80. The fourth-order valence-electron chi connectivity index (χ4n) is 2.58. The summed E-state index contributed by atoms with van der Waals surface area (Å²) in [6.07, 6.45) is 0.711. The summed E-state index contributed by atoms with van der Waals surface area (Å²) >= 11 is 6.01. The van der Waals surface area contributed by atoms with E-state index in [1.165, 1.54) is 16.9 Å². The number of fused-ring (bicyclic) bond motifs is 1. The minimum absolute atomic E-state index is 0.260. The van der Waals surface area contributed by atoms with E-state index >= 15 is 0 Å². The molecule has 1 N–H and O–H groups in total. The molecule has 0 amide bonds. The molecule has 120 valence electrons. The average molecular weight is 346 g/mol. The molecule has 0 radical (unpaired) electrons. The van der Waals surface area contributed by atoms with Gasteiger partial charge in [-0.25, -0.2) is 4.79 Å². The molecule has 1 aromatic heterocycles. The van der Waals surface area contributed by atoms with Gasteiger partial charge in [-0.3, -0.25) is 4.99 Å². The van der Waals surface area contributed by atoms with Gasteiger partial charge < -0.3 is 10.1 Å². The molecule has 1 aliphatic rings. The number of esters is 1. The molecular formula is C17H18N2O2S2. The number of aliphatic imine (C=N–C) groups is 1. The fourth-order valence-corrected chi connectivity index (χ4v) is 4.28. The van der Waals surface area contributed by atoms with E-state index in [0.29, 0.717) is 17.9 Å². The van der Waals surface area contributed by atoms with Gasteiger partial charge in [0.25, 0.3) is 0 Å². The summed E-state index contributed by atoms with van der Waals surface area (Å²) in [7, 11) is 0. The third-order valence-corrected chi connectivity index (χ3v) is 5.24. The van der Waals surface area contributed by atoms with Gasteiger partial charge in [-0.15, -0.1) is 24.0 Å². The van der Waals surface area contributed by atoms with Crippen LogP contribution in [0.5, 0.6) is 0 Å². The Bertz CT molecular complexity index is 753. The topological polar surface area (TPSA) is 50.7 Å². The minimum Gasteiger partial charge on any atom is -0.462 e. The SMILES string of the molecule is CCOC(=O)c1sc2c(c1C)C(S)N=C(Cc1ccccc1)N2. The number of thiol groups is 1. The number of thiophene rings is 1. The molecule has 6 heteroatoms. The summed E-state index contributed by atoms with van der Waals surface area (Å²) in [5.74, 6) is 0.580. The Morgan fingerprint density at radius 3 is 2.83 bits per heavy atom. The summed E-state index contributed by atoms with van der Waals surface area (Å²) < 4.78 is 5.13. The Balaban J connectivity index is 1.86. The number of carbonyl (C=O) groups is 1. The zero-order chi connectivity index (χ0) is 16.4. The molecule has 0 fully saturated rings. The number of anilines is 1. The van der Waals surface area contributed by atoms with E-state index in [2.05, 4.69) is 35.1 Å². The molecule has 4 nitrogen and oxygen atoms in total. The van der Waals surface area contributed by atoms with Crippen molar-refractivity contribution in [2.24, 2.45) is 4.99 Å². The van der Waals surface area contributed by atoms with Crippen LogP contribution in [0.1, 0.15) is 38.7 Å². The van der Waals surface area contributed by atoms with Crippen molar-refractivity contribution in [1.29, 1.82) is 0 Å². The average Bonchev–Trinajstić information content (AvgIpc) is 2.86. The number of nitrogens with one attached hydrogen (secondary N) is 1. The molecule has 2 aromatic rings. The van der Waals surface area contributed by atoms with Gasteiger partial charge in [0.2, 0.25) is 0 Å². The number of hydrogen-bond acceptors (Lipinski definition) is 6. The zero-order valence-electron chi connectivity index (χ0n) is 13.0. The van der Waals surface area contributed by atoms with Crippen molar-refractivity contribution >= 4 is 40.8 Å². The Hall–Kier alpha value is -1.79. The molecule has 1 atom stereocenters. The van der Waals surface area contributed by atoms with Gasteiger partial charge in [-0.05, 0) is 25.0 Å². The first-order valence-electron chi connectivity index (χ1n) is 7.46. The van der Waals surface area contributed by atoms with Gasteiger partial charge >= 0.3 is 5.97 Å². The monoisotopic (exact) mass is 346 g/mol. The number of ether oxygens (including phenoxy) is 1. The number of benzene rings is 1. The van der Waals surface area contributed by atoms with E-state index in [0.717, 1.165) is 22.0 Å². The van der Waals surface area contributed by atoms with Crippen molar-refractivity contribution in [3.05, 3.63) is 51.9 Å². The van der Waals surface area contributed by atoms with Crippen LogP contribution in [0.15, 0.2) is 35.3 Å². The molecule has 1 aliphatic heterocycles. The first kappa shape index (κ1) is 16.1. The summed E-state index contributed by atoms with van der Waals surface area (Å²) in [6, 6.07) is 10.1. The van der Waals surface area contributed by atoms with Crippen LogP contribution in [0.2, 0.25) is 0 Å². The van der Waals surface area contributed by atoms with Gasteiger partial charge in [0.1, 0.15) is 21.1 Å². The summed E-state index contributed by atoms with van der Waals surface area (Å²) in [4.78, 5) is 17.3. The van der Waals surface area contributed by atoms with Crippen molar-refractivity contribution in [3.63, 3.8) is 0 Å². The van der Waals surface area contributed by atoms with Crippen molar-refractivity contribution in [3.8, 4) is 0 Å². The number of amidine groups is 1. The quantitative estimate of drug-likeness (QED) is 0.643. The van der Waals surface area contributed by atoms with Crippen LogP contribution >= 0.6 is 24.0 Å². The lowest BCUT2D eigenvalue weighted by atomic mass is 10.1. The van der Waals surface area contributed by atoms with Crippen LogP contribution in [0, 0.1) is 6.92 Å². The summed E-state index contributed by atoms with van der Waals surface area (Å²) in [5, 5.41) is 4.02. The van der Waals surface area contributed by atoms with Crippen molar-refractivity contribution < 1.29 is 9.53 Å². The van der Waals surface area contributed by atoms with Crippen molar-refractivity contribution in [2.45, 2.75) is 25.6 Å². The first-order chi connectivity index (χ1) is 11.1. The number of carbonyl (C=O) groups excluding carboxylic acids is 1. The van der Waals surface area contributed by atoms with Gasteiger partial charge in [-0.2, -0.15) is 0 Å². The lowest BCUT2D eigenvalue weighted by molar-refractivity contribution is 0.0531. The van der Waals surface area contributed by atoms with Gasteiger partial charge in [0.15, 0.2) is 0 Å². The standard InChI is InChI=1S/C17H18N2O2S2/c1-3-21-17(20)14-10(2)13-15(22)18-12(19-16(13)23-14)9-11-7-5-4-6-8-11/h4-8,15,22H,3,9H2,1-2H3,(H,18,19). The predicted molar refractivity (Wildman–Crippen MR) is 97.9 cm³/mol. The maximum atomic E-state index is 12.1. The van der Waals surface area contributed by atoms with E-state index < -0.39 is 0 Å². The number of hydrogen-bond donors (Lipinski definition) is 2. The van der Waals surface area contributed by atoms with E-state index in [4.69, 9.17) is 4.74 Å². The van der Waals surface area contributed by atoms with E-state index in [1.807, 2.05) is 32.0 Å². The van der Waals surface area contributed by atoms with Crippen LogP contribution in [-0.4, -0.2) is 18.4 Å². The zero-order valence-corrected chi connectivity index (χ0v) is 14.7. The Morgan fingerprint density at radius 1 is 1.39 bits per heavy atom. The van der Waals surface area contributed by atoms with E-state index in [9.17, 15) is 4.79 Å².